The fraction of sp³-hybridized carbons (Fsp3) is 0.250. The van der Waals surface area contributed by atoms with Gasteiger partial charge in [-0.1, -0.05) is 30.3 Å². The molecule has 0 saturated carbocycles. The monoisotopic (exact) mass is 561 g/mol. The first-order valence-corrected chi connectivity index (χ1v) is 14.1. The summed E-state index contributed by atoms with van der Waals surface area (Å²) in [6.07, 6.45) is 5.75. The number of hydrogen-bond donors (Lipinski definition) is 1. The van der Waals surface area contributed by atoms with E-state index in [0.717, 1.165) is 77.9 Å². The summed E-state index contributed by atoms with van der Waals surface area (Å²) in [4.78, 5) is 21.6. The molecule has 5 aromatic rings. The summed E-state index contributed by atoms with van der Waals surface area (Å²) in [5.41, 5.74) is 4.13. The van der Waals surface area contributed by atoms with E-state index in [1.54, 1.807) is 12.4 Å². The van der Waals surface area contributed by atoms with Crippen LogP contribution in [-0.4, -0.2) is 63.5 Å². The van der Waals surface area contributed by atoms with E-state index < -0.39 is 0 Å². The molecular weight excluding hydrogens is 530 g/mol. The van der Waals surface area contributed by atoms with Crippen LogP contribution in [0.2, 0.25) is 0 Å². The summed E-state index contributed by atoms with van der Waals surface area (Å²) in [5.74, 6) is 3.19. The fourth-order valence-electron chi connectivity index (χ4n) is 5.57. The van der Waals surface area contributed by atoms with Crippen LogP contribution in [0.1, 0.15) is 16.7 Å². The summed E-state index contributed by atoms with van der Waals surface area (Å²) < 4.78 is 13.0. The van der Waals surface area contributed by atoms with Crippen LogP contribution in [0.4, 0.5) is 5.82 Å². The maximum atomic E-state index is 12.8. The number of rotatable bonds is 8. The van der Waals surface area contributed by atoms with Gasteiger partial charge in [0.25, 0.3) is 0 Å². The van der Waals surface area contributed by atoms with Gasteiger partial charge in [-0.15, -0.1) is 10.2 Å². The van der Waals surface area contributed by atoms with Crippen molar-refractivity contribution in [3.63, 3.8) is 0 Å². The van der Waals surface area contributed by atoms with Gasteiger partial charge >= 0.3 is 0 Å². The van der Waals surface area contributed by atoms with Gasteiger partial charge < -0.3 is 19.7 Å². The maximum Gasteiger partial charge on any atom is 0.231 e. The number of hydrogen-bond acceptors (Lipinski definition) is 8. The second kappa shape index (κ2) is 11.5. The number of anilines is 1. The molecule has 3 aromatic heterocycles. The molecule has 1 saturated heterocycles. The van der Waals surface area contributed by atoms with E-state index in [4.69, 9.17) is 9.47 Å². The Morgan fingerprint density at radius 3 is 2.52 bits per heavy atom. The largest absolute Gasteiger partial charge is 0.454 e. The molecule has 2 aromatic carbocycles. The van der Waals surface area contributed by atoms with Crippen LogP contribution in [0.5, 0.6) is 11.5 Å². The Hall–Kier alpha value is -4.96. The number of carbonyl (C=O) groups is 1. The van der Waals surface area contributed by atoms with Gasteiger partial charge in [0.2, 0.25) is 12.7 Å². The highest BCUT2D eigenvalue weighted by molar-refractivity contribution is 5.90. The molecule has 2 aliphatic rings. The summed E-state index contributed by atoms with van der Waals surface area (Å²) in [6, 6.07) is 22.1. The summed E-state index contributed by atoms with van der Waals surface area (Å²) >= 11 is 0. The van der Waals surface area contributed by atoms with Crippen molar-refractivity contribution in [2.75, 3.05) is 37.9 Å². The van der Waals surface area contributed by atoms with Crippen LogP contribution >= 0.6 is 0 Å². The van der Waals surface area contributed by atoms with Gasteiger partial charge in [0, 0.05) is 63.2 Å². The Morgan fingerprint density at radius 1 is 0.857 bits per heavy atom. The molecule has 2 aliphatic heterocycles. The zero-order valence-corrected chi connectivity index (χ0v) is 23.1. The molecule has 0 aliphatic carbocycles. The number of benzene rings is 2. The third kappa shape index (κ3) is 5.48. The smallest absolute Gasteiger partial charge is 0.231 e. The minimum Gasteiger partial charge on any atom is -0.454 e. The molecule has 5 heterocycles. The quantitative estimate of drug-likeness (QED) is 0.306. The van der Waals surface area contributed by atoms with Crippen molar-refractivity contribution in [3.8, 4) is 17.3 Å². The molecule has 7 rings (SSSR count). The van der Waals surface area contributed by atoms with Crippen molar-refractivity contribution >= 4 is 22.6 Å². The Bertz CT molecular complexity index is 1700. The molecule has 0 unspecified atom stereocenters. The van der Waals surface area contributed by atoms with Crippen molar-refractivity contribution in [2.24, 2.45) is 0 Å². The number of amides is 1. The van der Waals surface area contributed by atoms with Crippen molar-refractivity contribution < 1.29 is 14.3 Å². The summed E-state index contributed by atoms with van der Waals surface area (Å²) in [5, 5.41) is 13.2. The van der Waals surface area contributed by atoms with Gasteiger partial charge in [-0.2, -0.15) is 0 Å². The molecule has 0 bridgehead atoms. The molecule has 0 spiro atoms. The highest BCUT2D eigenvalue weighted by atomic mass is 16.7. The predicted octanol–water partition coefficient (Wildman–Crippen LogP) is 3.73. The van der Waals surface area contributed by atoms with Gasteiger partial charge in [0.1, 0.15) is 0 Å². The van der Waals surface area contributed by atoms with E-state index in [1.807, 2.05) is 65.4 Å². The normalized spacial score (nSPS) is 14.8. The van der Waals surface area contributed by atoms with Crippen LogP contribution in [0.25, 0.3) is 16.7 Å². The number of fused-ring (bicyclic) bond motifs is 2. The van der Waals surface area contributed by atoms with Gasteiger partial charge in [-0.3, -0.25) is 19.2 Å². The number of para-hydroxylation sites is 1. The van der Waals surface area contributed by atoms with Crippen LogP contribution in [0.3, 0.4) is 0 Å². The van der Waals surface area contributed by atoms with E-state index >= 15 is 0 Å². The number of nitrogens with zero attached hydrogens (tertiary/aromatic N) is 6. The first-order chi connectivity index (χ1) is 20.7. The molecule has 0 atom stereocenters. The second-order valence-corrected chi connectivity index (χ2v) is 10.6. The van der Waals surface area contributed by atoms with Crippen LogP contribution < -0.4 is 19.7 Å². The van der Waals surface area contributed by atoms with E-state index in [2.05, 4.69) is 42.4 Å². The minimum absolute atomic E-state index is 0.0409. The van der Waals surface area contributed by atoms with E-state index in [9.17, 15) is 4.79 Å². The number of nitrogens with one attached hydrogen (secondary N) is 1. The van der Waals surface area contributed by atoms with Gasteiger partial charge in [0.15, 0.2) is 23.1 Å². The lowest BCUT2D eigenvalue weighted by Gasteiger charge is -2.35. The van der Waals surface area contributed by atoms with Gasteiger partial charge in [-0.05, 0) is 53.1 Å². The van der Waals surface area contributed by atoms with E-state index in [1.165, 1.54) is 5.56 Å². The van der Waals surface area contributed by atoms with Crippen LogP contribution in [0, 0.1) is 0 Å². The van der Waals surface area contributed by atoms with Crippen molar-refractivity contribution in [2.45, 2.75) is 19.5 Å². The highest BCUT2D eigenvalue weighted by Gasteiger charge is 2.21. The lowest BCUT2D eigenvalue weighted by Crippen LogP contribution is -2.46. The van der Waals surface area contributed by atoms with Crippen LogP contribution in [-0.2, 0) is 24.3 Å². The fourth-order valence-corrected chi connectivity index (χ4v) is 5.57. The number of piperazine rings is 1. The molecule has 1 amide bonds. The molecule has 42 heavy (non-hydrogen) atoms. The zero-order valence-electron chi connectivity index (χ0n) is 23.1. The minimum atomic E-state index is -0.0409. The van der Waals surface area contributed by atoms with E-state index in [0.29, 0.717) is 13.3 Å². The van der Waals surface area contributed by atoms with Gasteiger partial charge in [0.05, 0.1) is 11.9 Å². The standard InChI is InChI=1S/C32H31N7O3/c40-32(34-19-24-4-3-11-33-18-24)17-25-21-39(27-6-2-1-5-26(25)27)31-10-9-30(35-36-31)38-14-12-37(13-15-38)20-23-7-8-28-29(16-23)42-22-41-28/h1-11,16,18,21H,12-15,17,19-20,22H2,(H,34,40). The number of carbonyl (C=O) groups excluding carboxylic acids is 1. The average molecular weight is 562 g/mol. The molecular formula is C32H31N7O3. The van der Waals surface area contributed by atoms with Crippen LogP contribution in [0.15, 0.2) is 85.3 Å². The third-order valence-corrected chi connectivity index (χ3v) is 7.78. The maximum absolute atomic E-state index is 12.8. The number of aromatic nitrogens is 4. The molecule has 1 fully saturated rings. The number of ether oxygens (including phenoxy) is 2. The Morgan fingerprint density at radius 2 is 1.69 bits per heavy atom. The first-order valence-electron chi connectivity index (χ1n) is 14.1. The molecule has 0 radical (unpaired) electrons. The highest BCUT2D eigenvalue weighted by Crippen LogP contribution is 2.33. The van der Waals surface area contributed by atoms with Crippen molar-refractivity contribution in [3.05, 3.63) is 102 Å². The second-order valence-electron chi connectivity index (χ2n) is 10.6. The lowest BCUT2D eigenvalue weighted by atomic mass is 10.1. The lowest BCUT2D eigenvalue weighted by molar-refractivity contribution is -0.120. The first kappa shape index (κ1) is 26.0. The third-order valence-electron chi connectivity index (χ3n) is 7.78. The predicted molar refractivity (Wildman–Crippen MR) is 159 cm³/mol. The van der Waals surface area contributed by atoms with Crippen molar-refractivity contribution in [1.82, 2.24) is 30.0 Å². The molecule has 212 valence electrons. The summed E-state index contributed by atoms with van der Waals surface area (Å²) in [7, 11) is 0. The molecule has 10 heteroatoms. The SMILES string of the molecule is O=C(Cc1cn(-c2ccc(N3CCN(Cc4ccc5c(c4)OCO5)CC3)nn2)c2ccccc12)NCc1cccnc1. The topological polar surface area (TPSA) is 97.6 Å². The Labute approximate surface area is 243 Å². The molecule has 1 N–H and O–H groups in total. The summed E-state index contributed by atoms with van der Waals surface area (Å²) in [6.45, 7) is 5.25. The average Bonchev–Trinajstić information content (AvgIpc) is 3.66. The van der Waals surface area contributed by atoms with E-state index in [-0.39, 0.29) is 12.3 Å². The Kier molecular flexibility index (Phi) is 7.11. The molecule has 10 nitrogen and oxygen atoms in total. The van der Waals surface area contributed by atoms with Crippen molar-refractivity contribution in [1.29, 1.82) is 0 Å². The Balaban J connectivity index is 0.998. The number of pyridine rings is 1. The zero-order chi connectivity index (χ0) is 28.3. The van der Waals surface area contributed by atoms with Gasteiger partial charge in [-0.25, -0.2) is 0 Å².